The topological polar surface area (TPSA) is 16.4 Å². The normalized spacial score (nSPS) is 11.3. The third-order valence-corrected chi connectivity index (χ3v) is 10.5. The van der Waals surface area contributed by atoms with E-state index in [1.165, 1.54) is 27.8 Å². The van der Waals surface area contributed by atoms with Crippen LogP contribution < -0.4 is 4.90 Å². The minimum absolute atomic E-state index is 0.899. The Labute approximate surface area is 314 Å². The van der Waals surface area contributed by atoms with Gasteiger partial charge < -0.3 is 9.32 Å². The van der Waals surface area contributed by atoms with Gasteiger partial charge in [0.15, 0.2) is 0 Å². The Morgan fingerprint density at radius 2 is 0.815 bits per heavy atom. The number of rotatable bonds is 7. The first kappa shape index (κ1) is 31.6. The van der Waals surface area contributed by atoms with Gasteiger partial charge in [-0.2, -0.15) is 0 Å². The second-order valence-corrected chi connectivity index (χ2v) is 13.7. The summed E-state index contributed by atoms with van der Waals surface area (Å²) in [5.41, 5.74) is 14.5. The van der Waals surface area contributed by atoms with Gasteiger partial charge in [0, 0.05) is 33.2 Å². The molecular weight excluding hydrogens is 655 g/mol. The minimum Gasteiger partial charge on any atom is -0.455 e. The largest absolute Gasteiger partial charge is 0.455 e. The molecule has 1 aromatic heterocycles. The van der Waals surface area contributed by atoms with Gasteiger partial charge in [-0.1, -0.05) is 158 Å². The van der Waals surface area contributed by atoms with Crippen molar-refractivity contribution in [2.75, 3.05) is 4.90 Å². The van der Waals surface area contributed by atoms with Gasteiger partial charge in [0.2, 0.25) is 0 Å². The highest BCUT2D eigenvalue weighted by atomic mass is 16.3. The molecule has 0 aliphatic heterocycles. The number of hydrogen-bond donors (Lipinski definition) is 0. The van der Waals surface area contributed by atoms with E-state index in [0.29, 0.717) is 0 Å². The minimum atomic E-state index is 0.899. The molecule has 0 atom stereocenters. The van der Waals surface area contributed by atoms with E-state index >= 15 is 0 Å². The molecule has 0 aliphatic rings. The standard InChI is InChI=1S/C52H35NO/c1-4-12-36(13-5-1)39-22-28-44(29-23-39)53(46-20-10-19-42(34-46)37-14-6-2-7-15-37)45-30-24-40(25-31-45)47-21-11-18-41-26-33-49-48-32-27-43(38-16-8-3-9-17-38)35-50(48)54-52(49)51(41)47/h1-35H. The van der Waals surface area contributed by atoms with E-state index in [4.69, 9.17) is 4.42 Å². The molecule has 10 aromatic rings. The summed E-state index contributed by atoms with van der Waals surface area (Å²) in [5.74, 6) is 0. The van der Waals surface area contributed by atoms with Gasteiger partial charge in [-0.3, -0.25) is 0 Å². The molecule has 0 unspecified atom stereocenters. The van der Waals surface area contributed by atoms with Gasteiger partial charge in [-0.15, -0.1) is 0 Å². The van der Waals surface area contributed by atoms with Crippen molar-refractivity contribution in [3.8, 4) is 44.5 Å². The average molecular weight is 690 g/mol. The van der Waals surface area contributed by atoms with Crippen molar-refractivity contribution < 1.29 is 4.42 Å². The third-order valence-electron chi connectivity index (χ3n) is 10.5. The van der Waals surface area contributed by atoms with E-state index in [1.807, 2.05) is 6.07 Å². The number of benzene rings is 9. The summed E-state index contributed by atoms with van der Waals surface area (Å²) in [5, 5.41) is 4.54. The summed E-state index contributed by atoms with van der Waals surface area (Å²) in [6, 6.07) is 75.7. The first-order valence-corrected chi connectivity index (χ1v) is 18.4. The highest BCUT2D eigenvalue weighted by Gasteiger charge is 2.17. The average Bonchev–Trinajstić information content (AvgIpc) is 3.63. The van der Waals surface area contributed by atoms with Gasteiger partial charge in [-0.25, -0.2) is 0 Å². The molecule has 10 rings (SSSR count). The zero-order chi connectivity index (χ0) is 35.8. The molecule has 0 bridgehead atoms. The Bertz CT molecular complexity index is 2890. The number of furan rings is 1. The van der Waals surface area contributed by atoms with E-state index in [-0.39, 0.29) is 0 Å². The van der Waals surface area contributed by atoms with Crippen LogP contribution in [0, 0.1) is 0 Å². The molecule has 0 saturated heterocycles. The fourth-order valence-corrected chi connectivity index (χ4v) is 7.78. The maximum absolute atomic E-state index is 6.75. The number of fused-ring (bicyclic) bond motifs is 5. The van der Waals surface area contributed by atoms with Crippen LogP contribution in [0.3, 0.4) is 0 Å². The highest BCUT2D eigenvalue weighted by molar-refractivity contribution is 6.19. The maximum Gasteiger partial charge on any atom is 0.143 e. The highest BCUT2D eigenvalue weighted by Crippen LogP contribution is 2.42. The SMILES string of the molecule is c1ccc(-c2ccc(N(c3ccc(-c4cccc5ccc6c7ccc(-c8ccccc8)cc7oc6c45)cc3)c3cccc(-c4ccccc4)c3)cc2)cc1. The van der Waals surface area contributed by atoms with Crippen molar-refractivity contribution >= 4 is 49.8 Å². The summed E-state index contributed by atoms with van der Waals surface area (Å²) < 4.78 is 6.75. The van der Waals surface area contributed by atoms with Crippen LogP contribution in [0.1, 0.15) is 0 Å². The molecule has 254 valence electrons. The van der Waals surface area contributed by atoms with Crippen LogP contribution in [0.5, 0.6) is 0 Å². The van der Waals surface area contributed by atoms with Gasteiger partial charge in [-0.05, 0) is 104 Å². The molecule has 0 saturated carbocycles. The molecule has 2 nitrogen and oxygen atoms in total. The summed E-state index contributed by atoms with van der Waals surface area (Å²) in [6.07, 6.45) is 0. The maximum atomic E-state index is 6.75. The van der Waals surface area contributed by atoms with Gasteiger partial charge in [0.05, 0.1) is 0 Å². The molecule has 54 heavy (non-hydrogen) atoms. The van der Waals surface area contributed by atoms with E-state index in [0.717, 1.165) is 66.5 Å². The summed E-state index contributed by atoms with van der Waals surface area (Å²) in [6.45, 7) is 0. The lowest BCUT2D eigenvalue weighted by molar-refractivity contribution is 0.673. The van der Waals surface area contributed by atoms with Crippen LogP contribution in [-0.4, -0.2) is 0 Å². The fraction of sp³-hybridized carbons (Fsp3) is 0. The molecule has 2 heteroatoms. The molecular formula is C52H35NO. The molecule has 0 N–H and O–H groups in total. The summed E-state index contributed by atoms with van der Waals surface area (Å²) in [7, 11) is 0. The molecule has 9 aromatic carbocycles. The number of hydrogen-bond acceptors (Lipinski definition) is 2. The monoisotopic (exact) mass is 689 g/mol. The van der Waals surface area contributed by atoms with Gasteiger partial charge in [0.25, 0.3) is 0 Å². The Kier molecular flexibility index (Phi) is 7.85. The number of anilines is 3. The van der Waals surface area contributed by atoms with Crippen molar-refractivity contribution in [3.05, 3.63) is 212 Å². The molecule has 0 aliphatic carbocycles. The Balaban J connectivity index is 1.08. The summed E-state index contributed by atoms with van der Waals surface area (Å²) in [4.78, 5) is 2.34. The van der Waals surface area contributed by atoms with E-state index < -0.39 is 0 Å². The predicted octanol–water partition coefficient (Wildman–Crippen LogP) is 14.9. The van der Waals surface area contributed by atoms with Crippen molar-refractivity contribution in [1.82, 2.24) is 0 Å². The smallest absolute Gasteiger partial charge is 0.143 e. The lowest BCUT2D eigenvalue weighted by Crippen LogP contribution is -2.10. The zero-order valence-electron chi connectivity index (χ0n) is 29.6. The Hall–Kier alpha value is -7.16. The van der Waals surface area contributed by atoms with Crippen molar-refractivity contribution in [2.24, 2.45) is 0 Å². The van der Waals surface area contributed by atoms with Gasteiger partial charge >= 0.3 is 0 Å². The third kappa shape index (κ3) is 5.71. The van der Waals surface area contributed by atoms with Crippen LogP contribution >= 0.6 is 0 Å². The predicted molar refractivity (Wildman–Crippen MR) is 228 cm³/mol. The molecule has 0 radical (unpaired) electrons. The zero-order valence-corrected chi connectivity index (χ0v) is 29.6. The number of nitrogens with zero attached hydrogens (tertiary/aromatic N) is 1. The molecule has 0 amide bonds. The second kappa shape index (κ2) is 13.4. The fourth-order valence-electron chi connectivity index (χ4n) is 7.78. The van der Waals surface area contributed by atoms with Crippen LogP contribution in [0.25, 0.3) is 77.2 Å². The first-order chi connectivity index (χ1) is 26.8. The van der Waals surface area contributed by atoms with Crippen LogP contribution in [-0.2, 0) is 0 Å². The van der Waals surface area contributed by atoms with Crippen molar-refractivity contribution in [3.63, 3.8) is 0 Å². The summed E-state index contributed by atoms with van der Waals surface area (Å²) >= 11 is 0. The van der Waals surface area contributed by atoms with Crippen molar-refractivity contribution in [2.45, 2.75) is 0 Å². The Morgan fingerprint density at radius 1 is 0.315 bits per heavy atom. The lowest BCUT2D eigenvalue weighted by atomic mass is 9.96. The Morgan fingerprint density at radius 3 is 1.46 bits per heavy atom. The molecule has 0 fully saturated rings. The lowest BCUT2D eigenvalue weighted by Gasteiger charge is -2.26. The van der Waals surface area contributed by atoms with Crippen molar-refractivity contribution in [1.29, 1.82) is 0 Å². The van der Waals surface area contributed by atoms with Crippen LogP contribution in [0.15, 0.2) is 217 Å². The first-order valence-electron chi connectivity index (χ1n) is 18.4. The quantitative estimate of drug-likeness (QED) is 0.166. The van der Waals surface area contributed by atoms with E-state index in [9.17, 15) is 0 Å². The second-order valence-electron chi connectivity index (χ2n) is 13.7. The molecule has 0 spiro atoms. The van der Waals surface area contributed by atoms with Crippen LogP contribution in [0.2, 0.25) is 0 Å². The van der Waals surface area contributed by atoms with E-state index in [2.05, 4.69) is 211 Å². The van der Waals surface area contributed by atoms with Crippen LogP contribution in [0.4, 0.5) is 17.1 Å². The molecule has 1 heterocycles. The van der Waals surface area contributed by atoms with E-state index in [1.54, 1.807) is 0 Å². The van der Waals surface area contributed by atoms with Gasteiger partial charge in [0.1, 0.15) is 11.2 Å².